The van der Waals surface area contributed by atoms with Crippen LogP contribution in [0.3, 0.4) is 0 Å². The van der Waals surface area contributed by atoms with Gasteiger partial charge in [0.2, 0.25) is 0 Å². The smallest absolute Gasteiger partial charge is 0.306 e. The Morgan fingerprint density at radius 1 is 0.759 bits per heavy atom. The molecule has 0 aliphatic heterocycles. The number of ether oxygens (including phenoxy) is 1. The molecule has 0 spiro atoms. The van der Waals surface area contributed by atoms with Crippen LogP contribution in [0.15, 0.2) is 30.3 Å². The zero-order valence-corrected chi connectivity index (χ0v) is 18.2. The molecule has 162 valence electrons. The molecule has 1 fully saturated rings. The molecule has 1 saturated carbocycles. The summed E-state index contributed by atoms with van der Waals surface area (Å²) < 4.78 is 5.10. The van der Waals surface area contributed by atoms with Crippen molar-refractivity contribution in [3.05, 3.63) is 35.9 Å². The van der Waals surface area contributed by atoms with Crippen LogP contribution in [0, 0.1) is 5.92 Å². The minimum Gasteiger partial charge on any atom is -0.457 e. The fraction of sp³-hybridized carbons (Fsp3) is 0.692. The number of benzene rings is 1. The Morgan fingerprint density at radius 2 is 1.34 bits per heavy atom. The molecule has 2 rings (SSSR count). The van der Waals surface area contributed by atoms with E-state index >= 15 is 0 Å². The molecule has 0 amide bonds. The number of ketones is 1. The van der Waals surface area contributed by atoms with Gasteiger partial charge in [-0.3, -0.25) is 9.59 Å². The lowest BCUT2D eigenvalue weighted by atomic mass is 10.0. The van der Waals surface area contributed by atoms with Gasteiger partial charge >= 0.3 is 5.97 Å². The molecule has 1 aromatic carbocycles. The van der Waals surface area contributed by atoms with E-state index in [-0.39, 0.29) is 18.4 Å². The average Bonchev–Trinajstić information content (AvgIpc) is 3.03. The first-order valence-corrected chi connectivity index (χ1v) is 12.0. The number of hydrogen-bond acceptors (Lipinski definition) is 3. The summed E-state index contributed by atoms with van der Waals surface area (Å²) in [5.74, 6) is 0.617. The second-order valence-electron chi connectivity index (χ2n) is 8.67. The summed E-state index contributed by atoms with van der Waals surface area (Å²) in [6.45, 7) is -0.149. The molecule has 1 aliphatic rings. The molecule has 3 heteroatoms. The summed E-state index contributed by atoms with van der Waals surface area (Å²) in [5.41, 5.74) is 0.592. The minimum absolute atomic E-state index is 0.141. The van der Waals surface area contributed by atoms with Crippen molar-refractivity contribution in [2.75, 3.05) is 6.61 Å². The van der Waals surface area contributed by atoms with Gasteiger partial charge in [0.15, 0.2) is 12.4 Å². The third-order valence-electron chi connectivity index (χ3n) is 6.18. The van der Waals surface area contributed by atoms with Crippen LogP contribution in [-0.4, -0.2) is 18.4 Å². The topological polar surface area (TPSA) is 43.4 Å². The monoisotopic (exact) mass is 401 g/mol. The van der Waals surface area contributed by atoms with E-state index < -0.39 is 0 Å². The first-order chi connectivity index (χ1) is 14.3. The van der Waals surface area contributed by atoms with Gasteiger partial charge in [-0.05, 0) is 12.3 Å². The highest BCUT2D eigenvalue weighted by Gasteiger charge is 2.11. The van der Waals surface area contributed by atoms with Crippen molar-refractivity contribution < 1.29 is 14.3 Å². The summed E-state index contributed by atoms with van der Waals surface area (Å²) in [6.07, 6.45) is 20.5. The molecule has 0 aromatic heterocycles. The third kappa shape index (κ3) is 11.2. The Bertz CT molecular complexity index is 559. The third-order valence-corrected chi connectivity index (χ3v) is 6.18. The van der Waals surface area contributed by atoms with E-state index in [1.807, 2.05) is 18.2 Å². The molecular formula is C26H40O3. The van der Waals surface area contributed by atoms with E-state index in [0.29, 0.717) is 12.0 Å². The van der Waals surface area contributed by atoms with Gasteiger partial charge in [-0.25, -0.2) is 0 Å². The molecule has 0 atom stereocenters. The second kappa shape index (κ2) is 15.2. The molecule has 0 bridgehead atoms. The molecule has 3 nitrogen and oxygen atoms in total. The van der Waals surface area contributed by atoms with Crippen molar-refractivity contribution in [3.63, 3.8) is 0 Å². The fourth-order valence-electron chi connectivity index (χ4n) is 4.34. The molecule has 1 aromatic rings. The average molecular weight is 402 g/mol. The van der Waals surface area contributed by atoms with Crippen LogP contribution >= 0.6 is 0 Å². The summed E-state index contributed by atoms with van der Waals surface area (Å²) in [4.78, 5) is 23.7. The highest BCUT2D eigenvalue weighted by Crippen LogP contribution is 2.27. The number of rotatable bonds is 14. The number of hydrogen-bond donors (Lipinski definition) is 0. The fourth-order valence-corrected chi connectivity index (χ4v) is 4.34. The minimum atomic E-state index is -0.257. The highest BCUT2D eigenvalue weighted by molar-refractivity contribution is 5.97. The van der Waals surface area contributed by atoms with Crippen molar-refractivity contribution in [3.8, 4) is 0 Å². The Kier molecular flexibility index (Phi) is 12.4. The molecule has 0 N–H and O–H groups in total. The Morgan fingerprint density at radius 3 is 2.00 bits per heavy atom. The normalized spacial score (nSPS) is 15.0. The van der Waals surface area contributed by atoms with Crippen molar-refractivity contribution in [2.45, 2.75) is 103 Å². The van der Waals surface area contributed by atoms with Crippen LogP contribution in [0.4, 0.5) is 0 Å². The van der Waals surface area contributed by atoms with Gasteiger partial charge in [0.1, 0.15) is 0 Å². The maximum absolute atomic E-state index is 11.9. The van der Waals surface area contributed by atoms with Crippen LogP contribution in [0.25, 0.3) is 0 Å². The molecule has 0 heterocycles. The molecule has 29 heavy (non-hydrogen) atoms. The van der Waals surface area contributed by atoms with E-state index in [4.69, 9.17) is 4.74 Å². The molecule has 0 radical (unpaired) electrons. The van der Waals surface area contributed by atoms with E-state index in [0.717, 1.165) is 18.8 Å². The van der Waals surface area contributed by atoms with Crippen molar-refractivity contribution in [2.24, 2.45) is 5.92 Å². The predicted molar refractivity (Wildman–Crippen MR) is 119 cm³/mol. The van der Waals surface area contributed by atoms with E-state index in [1.165, 1.54) is 83.5 Å². The summed E-state index contributed by atoms with van der Waals surface area (Å²) in [7, 11) is 0. The maximum atomic E-state index is 11.9. The van der Waals surface area contributed by atoms with Crippen molar-refractivity contribution in [1.29, 1.82) is 0 Å². The molecule has 0 unspecified atom stereocenters. The van der Waals surface area contributed by atoms with Gasteiger partial charge in [-0.1, -0.05) is 120 Å². The quantitative estimate of drug-likeness (QED) is 0.108. The Balaban J connectivity index is 1.36. The first-order valence-electron chi connectivity index (χ1n) is 12.0. The van der Waals surface area contributed by atoms with Crippen LogP contribution in [-0.2, 0) is 9.53 Å². The number of carbonyl (C=O) groups excluding carboxylic acids is 2. The molecular weight excluding hydrogens is 361 g/mol. The molecule has 0 saturated heterocycles. The van der Waals surface area contributed by atoms with Gasteiger partial charge in [0, 0.05) is 12.0 Å². The van der Waals surface area contributed by atoms with Gasteiger partial charge in [0.25, 0.3) is 0 Å². The zero-order valence-electron chi connectivity index (χ0n) is 18.2. The summed E-state index contributed by atoms with van der Waals surface area (Å²) in [6, 6.07) is 8.97. The highest BCUT2D eigenvalue weighted by atomic mass is 16.5. The van der Waals surface area contributed by atoms with Crippen LogP contribution < -0.4 is 0 Å². The number of Topliss-reactive ketones (excluding diaryl/α,β-unsaturated/α-hetero) is 1. The maximum Gasteiger partial charge on any atom is 0.306 e. The number of unbranched alkanes of at least 4 members (excludes halogenated alkanes) is 7. The number of carbonyl (C=O) groups is 2. The largest absolute Gasteiger partial charge is 0.457 e. The number of esters is 1. The predicted octanol–water partition coefficient (Wildman–Crippen LogP) is 7.28. The van der Waals surface area contributed by atoms with E-state index in [2.05, 4.69) is 0 Å². The zero-order chi connectivity index (χ0) is 20.6. The molecule has 1 aliphatic carbocycles. The Hall–Kier alpha value is -1.64. The lowest BCUT2D eigenvalue weighted by Gasteiger charge is -2.13. The SMILES string of the molecule is O=C(CCCCCCCCC[13CH2]C1CCCCCC1)OCC(=O)c1ccccc1. The second-order valence-corrected chi connectivity index (χ2v) is 8.67. The van der Waals surface area contributed by atoms with E-state index in [9.17, 15) is 9.59 Å². The van der Waals surface area contributed by atoms with Crippen LogP contribution in [0.5, 0.6) is 0 Å². The van der Waals surface area contributed by atoms with Crippen molar-refractivity contribution in [1.82, 2.24) is 0 Å². The first kappa shape index (κ1) is 23.6. The summed E-state index contributed by atoms with van der Waals surface area (Å²) in [5, 5.41) is 0. The van der Waals surface area contributed by atoms with Crippen molar-refractivity contribution >= 4 is 11.8 Å². The van der Waals surface area contributed by atoms with Gasteiger partial charge < -0.3 is 4.74 Å². The summed E-state index contributed by atoms with van der Waals surface area (Å²) >= 11 is 0. The standard InChI is InChI=1S/C26H40O3/c27-25(24-19-13-9-14-20-24)22-29-26(28)21-15-6-4-2-1-3-5-10-16-23-17-11-7-8-12-18-23/h9,13-14,19-20,23H,1-8,10-12,15-18,21-22H2/i16+1. The van der Waals surface area contributed by atoms with Gasteiger partial charge in [0.05, 0.1) is 0 Å². The Labute approximate surface area is 177 Å². The van der Waals surface area contributed by atoms with Crippen LogP contribution in [0.2, 0.25) is 0 Å². The lowest BCUT2D eigenvalue weighted by molar-refractivity contribution is -0.142. The van der Waals surface area contributed by atoms with E-state index in [1.54, 1.807) is 12.1 Å². The lowest BCUT2D eigenvalue weighted by Crippen LogP contribution is -2.13. The van der Waals surface area contributed by atoms with Crippen LogP contribution in [0.1, 0.15) is 113 Å². The van der Waals surface area contributed by atoms with Gasteiger partial charge in [-0.2, -0.15) is 0 Å². The van der Waals surface area contributed by atoms with Gasteiger partial charge in [-0.15, -0.1) is 0 Å².